The molecule has 1 aliphatic rings. The topological polar surface area (TPSA) is 26.0 Å². The molecule has 0 aromatic carbocycles. The summed E-state index contributed by atoms with van der Waals surface area (Å²) in [5.74, 6) is 0.863. The standard InChI is InChI=1S/C7H13N.C6H14/c1-6-2-4-7(8)5-3-6;1-3-5-6-4-2/h4,6H,2-3,5,8H2,1H3;3-6H2,1-2H3. The average Bonchev–Trinajstić information content (AvgIpc) is 2.20. The monoisotopic (exact) mass is 197 g/mol. The fourth-order valence-electron chi connectivity index (χ4n) is 1.49. The molecule has 2 N–H and O–H groups in total. The Morgan fingerprint density at radius 3 is 2.14 bits per heavy atom. The van der Waals surface area contributed by atoms with Gasteiger partial charge in [0.05, 0.1) is 0 Å². The molecule has 0 fully saturated rings. The normalized spacial score (nSPS) is 20.8. The summed E-state index contributed by atoms with van der Waals surface area (Å²) in [6.45, 7) is 6.73. The minimum atomic E-state index is 0.863. The van der Waals surface area contributed by atoms with Gasteiger partial charge >= 0.3 is 0 Å². The molecule has 0 amide bonds. The predicted molar refractivity (Wildman–Crippen MR) is 65.1 cm³/mol. The van der Waals surface area contributed by atoms with Crippen LogP contribution < -0.4 is 5.73 Å². The van der Waals surface area contributed by atoms with E-state index in [1.807, 2.05) is 0 Å². The van der Waals surface area contributed by atoms with Crippen molar-refractivity contribution < 1.29 is 0 Å². The summed E-state index contributed by atoms with van der Waals surface area (Å²) in [4.78, 5) is 0. The maximum atomic E-state index is 5.56. The molecular formula is C13H27N. The van der Waals surface area contributed by atoms with Crippen molar-refractivity contribution in [2.75, 3.05) is 0 Å². The van der Waals surface area contributed by atoms with Crippen LogP contribution in [0.15, 0.2) is 11.8 Å². The zero-order valence-corrected chi connectivity index (χ0v) is 10.2. The highest BCUT2D eigenvalue weighted by Crippen LogP contribution is 2.19. The maximum Gasteiger partial charge on any atom is 0.00401 e. The van der Waals surface area contributed by atoms with Crippen molar-refractivity contribution in [3.8, 4) is 0 Å². The molecule has 1 atom stereocenters. The van der Waals surface area contributed by atoms with Crippen LogP contribution in [0.4, 0.5) is 0 Å². The van der Waals surface area contributed by atoms with Crippen LogP contribution in [0.25, 0.3) is 0 Å². The minimum absolute atomic E-state index is 0.863. The first-order valence-electron chi connectivity index (χ1n) is 6.15. The van der Waals surface area contributed by atoms with Crippen LogP contribution in [-0.2, 0) is 0 Å². The predicted octanol–water partition coefficient (Wildman–Crippen LogP) is 4.24. The van der Waals surface area contributed by atoms with Crippen LogP contribution in [0.2, 0.25) is 0 Å². The Labute approximate surface area is 89.8 Å². The smallest absolute Gasteiger partial charge is 0.00401 e. The molecule has 1 heteroatoms. The number of rotatable bonds is 3. The van der Waals surface area contributed by atoms with E-state index in [0.29, 0.717) is 0 Å². The summed E-state index contributed by atoms with van der Waals surface area (Å²) < 4.78 is 0. The van der Waals surface area contributed by atoms with E-state index in [0.717, 1.165) is 18.0 Å². The van der Waals surface area contributed by atoms with Crippen LogP contribution in [0, 0.1) is 5.92 Å². The first-order chi connectivity index (χ1) is 6.70. The molecule has 1 unspecified atom stereocenters. The van der Waals surface area contributed by atoms with Crippen LogP contribution in [-0.4, -0.2) is 0 Å². The molecule has 0 heterocycles. The van der Waals surface area contributed by atoms with Gasteiger partial charge in [-0.05, 0) is 25.2 Å². The zero-order chi connectivity index (χ0) is 10.8. The number of nitrogens with two attached hydrogens (primary N) is 1. The maximum absolute atomic E-state index is 5.56. The highest BCUT2D eigenvalue weighted by Gasteiger charge is 2.05. The van der Waals surface area contributed by atoms with Gasteiger partial charge in [-0.3, -0.25) is 0 Å². The second-order valence-electron chi connectivity index (χ2n) is 4.37. The van der Waals surface area contributed by atoms with Crippen molar-refractivity contribution in [1.29, 1.82) is 0 Å². The van der Waals surface area contributed by atoms with Gasteiger partial charge in [-0.2, -0.15) is 0 Å². The van der Waals surface area contributed by atoms with E-state index in [-0.39, 0.29) is 0 Å². The molecule has 0 radical (unpaired) electrons. The lowest BCUT2D eigenvalue weighted by atomic mass is 9.95. The highest BCUT2D eigenvalue weighted by atomic mass is 14.6. The molecular weight excluding hydrogens is 170 g/mol. The van der Waals surface area contributed by atoms with Crippen molar-refractivity contribution in [3.05, 3.63) is 11.8 Å². The molecule has 0 saturated carbocycles. The first-order valence-corrected chi connectivity index (χ1v) is 6.15. The molecule has 0 saturated heterocycles. The quantitative estimate of drug-likeness (QED) is 0.673. The second-order valence-corrected chi connectivity index (χ2v) is 4.37. The van der Waals surface area contributed by atoms with Crippen molar-refractivity contribution in [1.82, 2.24) is 0 Å². The number of allylic oxidation sites excluding steroid dienone is 2. The second kappa shape index (κ2) is 9.11. The van der Waals surface area contributed by atoms with Gasteiger partial charge in [0.1, 0.15) is 0 Å². The van der Waals surface area contributed by atoms with Crippen LogP contribution in [0.5, 0.6) is 0 Å². The largest absolute Gasteiger partial charge is 0.402 e. The fraction of sp³-hybridized carbons (Fsp3) is 0.846. The summed E-state index contributed by atoms with van der Waals surface area (Å²) in [6.07, 6.45) is 11.3. The van der Waals surface area contributed by atoms with Gasteiger partial charge in [0.25, 0.3) is 0 Å². The molecule has 1 rings (SSSR count). The van der Waals surface area contributed by atoms with Crippen LogP contribution in [0.1, 0.15) is 65.7 Å². The lowest BCUT2D eigenvalue weighted by Crippen LogP contribution is -2.06. The van der Waals surface area contributed by atoms with E-state index in [1.54, 1.807) is 0 Å². The van der Waals surface area contributed by atoms with E-state index in [2.05, 4.69) is 26.8 Å². The van der Waals surface area contributed by atoms with E-state index >= 15 is 0 Å². The zero-order valence-electron chi connectivity index (χ0n) is 10.2. The van der Waals surface area contributed by atoms with E-state index in [4.69, 9.17) is 5.73 Å². The van der Waals surface area contributed by atoms with Gasteiger partial charge < -0.3 is 5.73 Å². The van der Waals surface area contributed by atoms with E-state index < -0.39 is 0 Å². The van der Waals surface area contributed by atoms with Gasteiger partial charge in [0.15, 0.2) is 0 Å². The molecule has 14 heavy (non-hydrogen) atoms. The molecule has 0 aliphatic heterocycles. The molecule has 84 valence electrons. The van der Waals surface area contributed by atoms with Crippen molar-refractivity contribution in [2.45, 2.75) is 65.7 Å². The highest BCUT2D eigenvalue weighted by molar-refractivity contribution is 5.00. The van der Waals surface area contributed by atoms with Gasteiger partial charge in [-0.25, -0.2) is 0 Å². The van der Waals surface area contributed by atoms with Gasteiger partial charge in [0, 0.05) is 5.70 Å². The Bertz CT molecular complexity index is 145. The Balaban J connectivity index is 0.000000255. The number of hydrogen-bond acceptors (Lipinski definition) is 1. The summed E-state index contributed by atoms with van der Waals surface area (Å²) in [6, 6.07) is 0. The number of hydrogen-bond donors (Lipinski definition) is 1. The van der Waals surface area contributed by atoms with Crippen LogP contribution >= 0.6 is 0 Å². The Hall–Kier alpha value is -0.460. The third-order valence-electron chi connectivity index (χ3n) is 2.67. The van der Waals surface area contributed by atoms with Gasteiger partial charge in [-0.15, -0.1) is 0 Å². The molecule has 0 bridgehead atoms. The third-order valence-corrected chi connectivity index (χ3v) is 2.67. The van der Waals surface area contributed by atoms with Crippen molar-refractivity contribution in [2.24, 2.45) is 11.7 Å². The van der Waals surface area contributed by atoms with Crippen molar-refractivity contribution >= 4 is 0 Å². The summed E-state index contributed by atoms with van der Waals surface area (Å²) in [5, 5.41) is 0. The van der Waals surface area contributed by atoms with Crippen molar-refractivity contribution in [3.63, 3.8) is 0 Å². The van der Waals surface area contributed by atoms with Crippen LogP contribution in [0.3, 0.4) is 0 Å². The Morgan fingerprint density at radius 1 is 1.29 bits per heavy atom. The minimum Gasteiger partial charge on any atom is -0.402 e. The summed E-state index contributed by atoms with van der Waals surface area (Å²) in [5.41, 5.74) is 6.64. The fourth-order valence-corrected chi connectivity index (χ4v) is 1.49. The van der Waals surface area contributed by atoms with E-state index in [9.17, 15) is 0 Å². The molecule has 1 nitrogen and oxygen atoms in total. The molecule has 0 aromatic heterocycles. The van der Waals surface area contributed by atoms with Gasteiger partial charge in [0.2, 0.25) is 0 Å². The van der Waals surface area contributed by atoms with E-state index in [1.165, 1.54) is 38.5 Å². The summed E-state index contributed by atoms with van der Waals surface area (Å²) >= 11 is 0. The SMILES string of the molecule is CC1CC=C(N)CC1.CCCCCC. The average molecular weight is 197 g/mol. The third kappa shape index (κ3) is 8.15. The molecule has 0 aromatic rings. The first kappa shape index (κ1) is 13.5. The molecule has 0 spiro atoms. The molecule has 1 aliphatic carbocycles. The number of unbranched alkanes of at least 4 members (excludes halogenated alkanes) is 3. The van der Waals surface area contributed by atoms with Gasteiger partial charge in [-0.1, -0.05) is 52.5 Å². The summed E-state index contributed by atoms with van der Waals surface area (Å²) in [7, 11) is 0. The lowest BCUT2D eigenvalue weighted by Gasteiger charge is -2.14. The Morgan fingerprint density at radius 2 is 1.86 bits per heavy atom. The Kier molecular flexibility index (Phi) is 8.81. The lowest BCUT2D eigenvalue weighted by molar-refractivity contribution is 0.512.